The fraction of sp³-hybridized carbons (Fsp3) is 0.400. The van der Waals surface area contributed by atoms with Gasteiger partial charge in [0.1, 0.15) is 12.2 Å². The third-order valence-corrected chi connectivity index (χ3v) is 8.33. The number of carbonyl (C=O) groups excluding carboxylic acids is 2. The normalized spacial score (nSPS) is 26.5. The second kappa shape index (κ2) is 8.18. The Labute approximate surface area is 195 Å². The molecule has 4 heterocycles. The number of hydrogen-bond donors (Lipinski definition) is 1. The number of carbonyl (C=O) groups is 2. The van der Waals surface area contributed by atoms with Crippen LogP contribution in [0, 0.1) is 5.92 Å². The number of hydrogen-bond acceptors (Lipinski definition) is 5. The lowest BCUT2D eigenvalue weighted by Gasteiger charge is -2.37. The number of alkyl halides is 1. The molecule has 8 heteroatoms. The van der Waals surface area contributed by atoms with E-state index in [-0.39, 0.29) is 24.3 Å². The Kier molecular flexibility index (Phi) is 5.14. The lowest BCUT2D eigenvalue weighted by atomic mass is 9.96. The number of pyridine rings is 1. The first-order valence-corrected chi connectivity index (χ1v) is 12.3. The lowest BCUT2D eigenvalue weighted by Crippen LogP contribution is -2.56. The molecule has 170 valence electrons. The Bertz CT molecular complexity index is 1220. The van der Waals surface area contributed by atoms with Crippen LogP contribution in [-0.2, 0) is 22.6 Å². The smallest absolute Gasteiger partial charge is 0.247 e. The third-order valence-electron chi connectivity index (χ3n) is 7.30. The second-order valence-electron chi connectivity index (χ2n) is 9.26. The van der Waals surface area contributed by atoms with Crippen LogP contribution in [0.2, 0.25) is 0 Å². The number of fused-ring (bicyclic) bond motifs is 4. The van der Waals surface area contributed by atoms with Crippen LogP contribution in [0.1, 0.15) is 23.3 Å². The first kappa shape index (κ1) is 20.7. The molecule has 1 N–H and O–H groups in total. The fourth-order valence-corrected chi connectivity index (χ4v) is 6.68. The van der Waals surface area contributed by atoms with Gasteiger partial charge in [-0.2, -0.15) is 0 Å². The van der Waals surface area contributed by atoms with E-state index < -0.39 is 18.3 Å². The highest BCUT2D eigenvalue weighted by atomic mass is 32.1. The number of anilines is 1. The van der Waals surface area contributed by atoms with E-state index in [0.29, 0.717) is 18.5 Å². The molecule has 2 fully saturated rings. The number of para-hydroxylation sites is 1. The predicted octanol–water partition coefficient (Wildman–Crippen LogP) is 3.62. The number of nitrogens with one attached hydrogen (secondary N) is 1. The van der Waals surface area contributed by atoms with Crippen LogP contribution in [0.5, 0.6) is 0 Å². The summed E-state index contributed by atoms with van der Waals surface area (Å²) < 4.78 is 14.7. The summed E-state index contributed by atoms with van der Waals surface area (Å²) >= 11 is 1.76. The van der Waals surface area contributed by atoms with Crippen molar-refractivity contribution in [1.82, 2.24) is 14.8 Å². The monoisotopic (exact) mass is 464 g/mol. The van der Waals surface area contributed by atoms with Crippen molar-refractivity contribution in [1.29, 1.82) is 0 Å². The van der Waals surface area contributed by atoms with Crippen molar-refractivity contribution in [3.63, 3.8) is 0 Å². The maximum absolute atomic E-state index is 14.7. The third kappa shape index (κ3) is 3.61. The van der Waals surface area contributed by atoms with Crippen molar-refractivity contribution in [3.05, 3.63) is 58.4 Å². The van der Waals surface area contributed by atoms with Gasteiger partial charge in [0.15, 0.2) is 0 Å². The van der Waals surface area contributed by atoms with Gasteiger partial charge < -0.3 is 10.2 Å². The Morgan fingerprint density at radius 1 is 1.18 bits per heavy atom. The van der Waals surface area contributed by atoms with Gasteiger partial charge in [-0.05, 0) is 54.3 Å². The molecule has 2 unspecified atom stereocenters. The number of aromatic nitrogens is 1. The van der Waals surface area contributed by atoms with Gasteiger partial charge in [0.2, 0.25) is 11.8 Å². The zero-order valence-corrected chi connectivity index (χ0v) is 18.9. The van der Waals surface area contributed by atoms with Crippen LogP contribution in [0.4, 0.5) is 10.1 Å². The largest absolute Gasteiger partial charge is 0.324 e. The molecule has 3 aliphatic rings. The zero-order valence-electron chi connectivity index (χ0n) is 18.1. The molecule has 33 heavy (non-hydrogen) atoms. The molecule has 2 aliphatic heterocycles. The number of halogens is 1. The molecular formula is C25H25FN4O2S. The van der Waals surface area contributed by atoms with Gasteiger partial charge in [0, 0.05) is 29.5 Å². The standard InChI is InChI=1S/C25H25FN4O2S/c26-18-11-16-12-21(18)30(23(31)14-29-9-6-22-15(13-29)7-10-33-22)24(16)25(32)28-20-5-8-27-19-4-2-1-3-17(19)20/h1-5,7-8,10,16,18,21,24H,6,9,11-14H2,(H,27,28,32)/t16?,18-,21?,24+/m0/s1. The quantitative estimate of drug-likeness (QED) is 0.641. The van der Waals surface area contributed by atoms with Gasteiger partial charge in [-0.25, -0.2) is 4.39 Å². The molecule has 1 aromatic carbocycles. The van der Waals surface area contributed by atoms with Crippen molar-refractivity contribution in [2.45, 2.75) is 44.1 Å². The van der Waals surface area contributed by atoms with Crippen LogP contribution in [-0.4, -0.2) is 57.9 Å². The molecule has 3 aromatic rings. The Hall–Kier alpha value is -2.84. The number of thiophene rings is 1. The Morgan fingerprint density at radius 3 is 2.97 bits per heavy atom. The summed E-state index contributed by atoms with van der Waals surface area (Å²) in [6.07, 6.45) is 2.42. The molecule has 0 radical (unpaired) electrons. The van der Waals surface area contributed by atoms with E-state index in [1.165, 1.54) is 10.4 Å². The van der Waals surface area contributed by atoms with Gasteiger partial charge in [-0.3, -0.25) is 19.5 Å². The summed E-state index contributed by atoms with van der Waals surface area (Å²) in [6, 6.07) is 10.3. The summed E-state index contributed by atoms with van der Waals surface area (Å²) in [5.41, 5.74) is 2.72. The van der Waals surface area contributed by atoms with Crippen molar-refractivity contribution in [2.24, 2.45) is 5.92 Å². The number of benzene rings is 1. The summed E-state index contributed by atoms with van der Waals surface area (Å²) in [5, 5.41) is 5.95. The van der Waals surface area contributed by atoms with Crippen LogP contribution >= 0.6 is 11.3 Å². The van der Waals surface area contributed by atoms with E-state index >= 15 is 0 Å². The molecule has 6 nitrogen and oxygen atoms in total. The highest BCUT2D eigenvalue weighted by molar-refractivity contribution is 7.10. The fourth-order valence-electron chi connectivity index (χ4n) is 5.79. The molecule has 4 atom stereocenters. The summed E-state index contributed by atoms with van der Waals surface area (Å²) in [4.78, 5) is 36.2. The van der Waals surface area contributed by atoms with Crippen LogP contribution < -0.4 is 5.32 Å². The maximum atomic E-state index is 14.7. The van der Waals surface area contributed by atoms with Crippen molar-refractivity contribution in [2.75, 3.05) is 18.4 Å². The molecule has 1 saturated heterocycles. The SMILES string of the molecule is O=C(Nc1ccnc2ccccc12)[C@H]1C2CC([C@@H](F)C2)N1C(=O)CN1CCc2sccc2C1. The Balaban J connectivity index is 1.22. The minimum Gasteiger partial charge on any atom is -0.324 e. The maximum Gasteiger partial charge on any atom is 0.247 e. The highest BCUT2D eigenvalue weighted by Gasteiger charge is 2.56. The molecule has 0 spiro atoms. The molecule has 1 saturated carbocycles. The van der Waals surface area contributed by atoms with Crippen molar-refractivity contribution >= 4 is 39.7 Å². The van der Waals surface area contributed by atoms with Gasteiger partial charge in [-0.15, -0.1) is 11.3 Å². The van der Waals surface area contributed by atoms with E-state index in [1.807, 2.05) is 24.3 Å². The van der Waals surface area contributed by atoms with Crippen LogP contribution in [0.25, 0.3) is 10.9 Å². The van der Waals surface area contributed by atoms with E-state index in [9.17, 15) is 14.0 Å². The van der Waals surface area contributed by atoms with Gasteiger partial charge in [-0.1, -0.05) is 18.2 Å². The predicted molar refractivity (Wildman–Crippen MR) is 126 cm³/mol. The highest BCUT2D eigenvalue weighted by Crippen LogP contribution is 2.44. The van der Waals surface area contributed by atoms with Crippen LogP contribution in [0.15, 0.2) is 48.0 Å². The van der Waals surface area contributed by atoms with E-state index in [2.05, 4.69) is 26.6 Å². The number of piperidine rings is 1. The summed E-state index contributed by atoms with van der Waals surface area (Å²) in [6.45, 7) is 1.75. The molecule has 1 aliphatic carbocycles. The molecule has 2 aromatic heterocycles. The van der Waals surface area contributed by atoms with Crippen molar-refractivity contribution < 1.29 is 14.0 Å². The number of likely N-dealkylation sites (tertiary alicyclic amines) is 1. The van der Waals surface area contributed by atoms with Gasteiger partial charge in [0.05, 0.1) is 23.8 Å². The van der Waals surface area contributed by atoms with Crippen molar-refractivity contribution in [3.8, 4) is 0 Å². The average Bonchev–Trinajstić information content (AvgIpc) is 3.53. The van der Waals surface area contributed by atoms with Gasteiger partial charge >= 0.3 is 0 Å². The average molecular weight is 465 g/mol. The van der Waals surface area contributed by atoms with E-state index in [1.54, 1.807) is 28.5 Å². The minimum absolute atomic E-state index is 0.146. The molecular weight excluding hydrogens is 439 g/mol. The van der Waals surface area contributed by atoms with Crippen LogP contribution in [0.3, 0.4) is 0 Å². The number of nitrogens with zero attached hydrogens (tertiary/aromatic N) is 3. The number of amides is 2. The molecule has 2 amide bonds. The minimum atomic E-state index is -1.06. The molecule has 6 rings (SSSR count). The summed E-state index contributed by atoms with van der Waals surface area (Å²) in [5.74, 6) is -0.534. The topological polar surface area (TPSA) is 65.5 Å². The first-order valence-electron chi connectivity index (χ1n) is 11.5. The van der Waals surface area contributed by atoms with E-state index in [0.717, 1.165) is 30.4 Å². The lowest BCUT2D eigenvalue weighted by molar-refractivity contribution is -0.143. The zero-order chi connectivity index (χ0) is 22.5. The first-order chi connectivity index (χ1) is 16.1. The Morgan fingerprint density at radius 2 is 2.06 bits per heavy atom. The second-order valence-corrected chi connectivity index (χ2v) is 10.3. The van der Waals surface area contributed by atoms with Gasteiger partial charge in [0.25, 0.3) is 0 Å². The molecule has 2 bridgehead atoms. The van der Waals surface area contributed by atoms with E-state index in [4.69, 9.17) is 0 Å². The summed E-state index contributed by atoms with van der Waals surface area (Å²) in [7, 11) is 0. The number of rotatable bonds is 4.